The zero-order valence-electron chi connectivity index (χ0n) is 8.82. The Morgan fingerprint density at radius 2 is 1.79 bits per heavy atom. The van der Waals surface area contributed by atoms with Crippen LogP contribution in [0.15, 0.2) is 24.3 Å². The third-order valence-corrected chi connectivity index (χ3v) is 1.84. The predicted octanol–water partition coefficient (Wildman–Crippen LogP) is 1.68. The molecule has 78 valence electrons. The maximum absolute atomic E-state index is 9.45. The summed E-state index contributed by atoms with van der Waals surface area (Å²) in [4.78, 5) is 0. The highest BCUT2D eigenvalue weighted by Crippen LogP contribution is 2.16. The van der Waals surface area contributed by atoms with E-state index in [1.54, 1.807) is 7.05 Å². The first-order chi connectivity index (χ1) is 6.63. The van der Waals surface area contributed by atoms with Crippen molar-refractivity contribution in [1.82, 2.24) is 5.32 Å². The molecule has 14 heavy (non-hydrogen) atoms. The van der Waals surface area contributed by atoms with Crippen LogP contribution in [0.1, 0.15) is 25.6 Å². The van der Waals surface area contributed by atoms with Crippen LogP contribution in [0.2, 0.25) is 0 Å². The topological polar surface area (TPSA) is 41.5 Å². The van der Waals surface area contributed by atoms with Crippen LogP contribution in [0.25, 0.3) is 0 Å². The molecule has 0 fully saturated rings. The molecule has 1 atom stereocenters. The lowest BCUT2D eigenvalue weighted by Crippen LogP contribution is -2.15. The Balaban J connectivity index is 2.68. The molecule has 0 saturated heterocycles. The summed E-state index contributed by atoms with van der Waals surface area (Å²) in [5, 5.41) is 12.2. The van der Waals surface area contributed by atoms with Crippen molar-refractivity contribution in [3.05, 3.63) is 29.8 Å². The molecule has 0 bridgehead atoms. The molecule has 0 saturated carbocycles. The summed E-state index contributed by atoms with van der Waals surface area (Å²) in [6, 6.07) is 7.41. The average Bonchev–Trinajstić information content (AvgIpc) is 2.17. The molecule has 0 aliphatic rings. The lowest BCUT2D eigenvalue weighted by molar-refractivity contribution is 0.149. The number of benzene rings is 1. The molecular weight excluding hydrogens is 178 g/mol. The molecule has 0 amide bonds. The van der Waals surface area contributed by atoms with Gasteiger partial charge < -0.3 is 9.84 Å². The Bertz CT molecular complexity index is 269. The van der Waals surface area contributed by atoms with Gasteiger partial charge in [0.05, 0.1) is 6.10 Å². The standard InChI is InChI=1S/C11H17NO2/c1-8(2)14-10-6-4-9(5-7-10)11(13)12-3/h4-8,11-13H,1-3H3. The monoisotopic (exact) mass is 195 g/mol. The largest absolute Gasteiger partial charge is 0.491 e. The van der Waals surface area contributed by atoms with Crippen LogP contribution in [0, 0.1) is 0 Å². The van der Waals surface area contributed by atoms with Gasteiger partial charge in [-0.05, 0) is 38.6 Å². The van der Waals surface area contributed by atoms with Crippen molar-refractivity contribution in [3.63, 3.8) is 0 Å². The molecule has 3 heteroatoms. The zero-order valence-corrected chi connectivity index (χ0v) is 8.82. The normalized spacial score (nSPS) is 12.9. The van der Waals surface area contributed by atoms with Crippen molar-refractivity contribution < 1.29 is 9.84 Å². The maximum atomic E-state index is 9.45. The predicted molar refractivity (Wildman–Crippen MR) is 56.2 cm³/mol. The SMILES string of the molecule is CNC(O)c1ccc(OC(C)C)cc1. The highest BCUT2D eigenvalue weighted by molar-refractivity contribution is 5.28. The fourth-order valence-electron chi connectivity index (χ4n) is 1.17. The van der Waals surface area contributed by atoms with Gasteiger partial charge in [0.1, 0.15) is 12.0 Å². The lowest BCUT2D eigenvalue weighted by atomic mass is 10.2. The van der Waals surface area contributed by atoms with Gasteiger partial charge in [-0.25, -0.2) is 0 Å². The smallest absolute Gasteiger partial charge is 0.130 e. The minimum Gasteiger partial charge on any atom is -0.491 e. The summed E-state index contributed by atoms with van der Waals surface area (Å²) in [5.74, 6) is 0.826. The zero-order chi connectivity index (χ0) is 10.6. The van der Waals surface area contributed by atoms with Crippen molar-refractivity contribution in [3.8, 4) is 5.75 Å². The summed E-state index contributed by atoms with van der Waals surface area (Å²) < 4.78 is 5.48. The molecule has 0 heterocycles. The average molecular weight is 195 g/mol. The molecule has 0 spiro atoms. The van der Waals surface area contributed by atoms with E-state index in [4.69, 9.17) is 4.74 Å². The van der Waals surface area contributed by atoms with Gasteiger partial charge >= 0.3 is 0 Å². The van der Waals surface area contributed by atoms with Gasteiger partial charge in [0, 0.05) is 0 Å². The van der Waals surface area contributed by atoms with E-state index in [1.807, 2.05) is 38.1 Å². The first kappa shape index (κ1) is 11.0. The molecule has 2 N–H and O–H groups in total. The number of aliphatic hydroxyl groups excluding tert-OH is 1. The summed E-state index contributed by atoms with van der Waals surface area (Å²) in [5.41, 5.74) is 0.837. The fourth-order valence-corrected chi connectivity index (χ4v) is 1.17. The summed E-state index contributed by atoms with van der Waals surface area (Å²) >= 11 is 0. The third kappa shape index (κ3) is 3.01. The molecule has 1 aromatic rings. The molecule has 1 rings (SSSR count). The first-order valence-corrected chi connectivity index (χ1v) is 4.75. The van der Waals surface area contributed by atoms with Crippen LogP contribution >= 0.6 is 0 Å². The minimum atomic E-state index is -0.608. The van der Waals surface area contributed by atoms with Crippen molar-refractivity contribution in [1.29, 1.82) is 0 Å². The number of ether oxygens (including phenoxy) is 1. The summed E-state index contributed by atoms with van der Waals surface area (Å²) in [7, 11) is 1.71. The van der Waals surface area contributed by atoms with Crippen LogP contribution < -0.4 is 10.1 Å². The maximum Gasteiger partial charge on any atom is 0.130 e. The van der Waals surface area contributed by atoms with Crippen molar-refractivity contribution in [2.45, 2.75) is 26.2 Å². The second-order valence-electron chi connectivity index (χ2n) is 3.43. The Kier molecular flexibility index (Phi) is 3.92. The van der Waals surface area contributed by atoms with Gasteiger partial charge in [0.25, 0.3) is 0 Å². The molecule has 0 aliphatic heterocycles. The number of rotatable bonds is 4. The number of hydrogen-bond acceptors (Lipinski definition) is 3. The Morgan fingerprint density at radius 1 is 1.21 bits per heavy atom. The van der Waals surface area contributed by atoms with Crippen LogP contribution in [0.5, 0.6) is 5.75 Å². The highest BCUT2D eigenvalue weighted by Gasteiger charge is 2.04. The van der Waals surface area contributed by atoms with E-state index in [9.17, 15) is 5.11 Å². The van der Waals surface area contributed by atoms with Gasteiger partial charge in [0.2, 0.25) is 0 Å². The van der Waals surface area contributed by atoms with E-state index in [-0.39, 0.29) is 6.10 Å². The molecule has 1 aromatic carbocycles. The second-order valence-corrected chi connectivity index (χ2v) is 3.43. The van der Waals surface area contributed by atoms with Crippen molar-refractivity contribution in [2.75, 3.05) is 7.05 Å². The summed E-state index contributed by atoms with van der Waals surface area (Å²) in [6.07, 6.45) is -0.432. The van der Waals surface area contributed by atoms with Crippen molar-refractivity contribution >= 4 is 0 Å². The van der Waals surface area contributed by atoms with Gasteiger partial charge in [-0.15, -0.1) is 0 Å². The van der Waals surface area contributed by atoms with Crippen LogP contribution in [0.3, 0.4) is 0 Å². The molecular formula is C11H17NO2. The first-order valence-electron chi connectivity index (χ1n) is 4.75. The quantitative estimate of drug-likeness (QED) is 0.718. The highest BCUT2D eigenvalue weighted by atomic mass is 16.5. The van der Waals surface area contributed by atoms with E-state index in [2.05, 4.69) is 5.32 Å². The van der Waals surface area contributed by atoms with Gasteiger partial charge in [-0.1, -0.05) is 12.1 Å². The van der Waals surface area contributed by atoms with Gasteiger partial charge in [0.15, 0.2) is 0 Å². The fraction of sp³-hybridized carbons (Fsp3) is 0.455. The van der Waals surface area contributed by atoms with Crippen LogP contribution in [-0.4, -0.2) is 18.3 Å². The van der Waals surface area contributed by atoms with Crippen molar-refractivity contribution in [2.24, 2.45) is 0 Å². The second kappa shape index (κ2) is 4.98. The van der Waals surface area contributed by atoms with E-state index >= 15 is 0 Å². The number of nitrogens with one attached hydrogen (secondary N) is 1. The van der Waals surface area contributed by atoms with Gasteiger partial charge in [-0.3, -0.25) is 5.32 Å². The molecule has 0 radical (unpaired) electrons. The van der Waals surface area contributed by atoms with E-state index in [1.165, 1.54) is 0 Å². The summed E-state index contributed by atoms with van der Waals surface area (Å²) in [6.45, 7) is 3.96. The van der Waals surface area contributed by atoms with E-state index in [0.717, 1.165) is 11.3 Å². The van der Waals surface area contributed by atoms with E-state index < -0.39 is 6.23 Å². The lowest BCUT2D eigenvalue weighted by Gasteiger charge is -2.12. The Labute approximate surface area is 84.7 Å². The minimum absolute atomic E-state index is 0.176. The number of aliphatic hydroxyl groups is 1. The molecule has 3 nitrogen and oxygen atoms in total. The molecule has 0 aromatic heterocycles. The molecule has 1 unspecified atom stereocenters. The Morgan fingerprint density at radius 3 is 2.21 bits per heavy atom. The third-order valence-electron chi connectivity index (χ3n) is 1.84. The van der Waals surface area contributed by atoms with Crippen LogP contribution in [0.4, 0.5) is 0 Å². The Hall–Kier alpha value is -1.06. The van der Waals surface area contributed by atoms with Gasteiger partial charge in [-0.2, -0.15) is 0 Å². The number of hydrogen-bond donors (Lipinski definition) is 2. The van der Waals surface area contributed by atoms with Crippen LogP contribution in [-0.2, 0) is 0 Å². The molecule has 0 aliphatic carbocycles. The van der Waals surface area contributed by atoms with E-state index in [0.29, 0.717) is 0 Å².